The molecule has 0 saturated carbocycles. The number of fused-ring (bicyclic) bond motifs is 3. The van der Waals surface area contributed by atoms with Gasteiger partial charge in [0.05, 0.1) is 15.5 Å². The molecule has 0 aliphatic heterocycles. The van der Waals surface area contributed by atoms with Crippen LogP contribution in [0, 0.1) is 10.1 Å². The molecule has 0 radical (unpaired) electrons. The average Bonchev–Trinajstić information content (AvgIpc) is 3.10. The van der Waals surface area contributed by atoms with Crippen molar-refractivity contribution < 1.29 is 13.3 Å². The average molecular weight is 430 g/mol. The fourth-order valence-electron chi connectivity index (χ4n) is 3.44. The number of rotatable bonds is 6. The molecule has 7 nitrogen and oxygen atoms in total. The van der Waals surface area contributed by atoms with E-state index < -0.39 is 14.9 Å². The smallest absolute Gasteiger partial charge is 0.258 e. The molecule has 0 amide bonds. The van der Waals surface area contributed by atoms with Crippen LogP contribution in [0.25, 0.3) is 11.3 Å². The van der Waals surface area contributed by atoms with E-state index in [4.69, 9.17) is 0 Å². The van der Waals surface area contributed by atoms with Crippen molar-refractivity contribution in [3.63, 3.8) is 0 Å². The molecule has 9 heteroatoms. The fraction of sp³-hybridized carbons (Fsp3) is 0.250. The highest BCUT2D eigenvalue weighted by Gasteiger charge is 2.25. The summed E-state index contributed by atoms with van der Waals surface area (Å²) >= 11 is 1.27. The minimum absolute atomic E-state index is 0.00102. The number of hydrogen-bond donors (Lipinski definition) is 1. The number of nitro benzene ring substituents is 1. The van der Waals surface area contributed by atoms with E-state index in [0.29, 0.717) is 11.3 Å². The summed E-state index contributed by atoms with van der Waals surface area (Å²) in [5.74, 6) is 0. The lowest BCUT2D eigenvalue weighted by atomic mass is 9.93. The van der Waals surface area contributed by atoms with Crippen LogP contribution in [0.15, 0.2) is 47.4 Å². The highest BCUT2D eigenvalue weighted by molar-refractivity contribution is 7.93. The summed E-state index contributed by atoms with van der Waals surface area (Å²) in [5.41, 5.74) is 3.39. The number of non-ortho nitro benzene ring substituents is 1. The van der Waals surface area contributed by atoms with Crippen molar-refractivity contribution in [2.24, 2.45) is 0 Å². The molecule has 1 aromatic heterocycles. The SMILES string of the molecule is CCCc1ccc(S(=O)(=O)Nc2nc3c(s2)CCc2ccc([N+](=O)[O-])cc2-3)cc1. The standard InChI is InChI=1S/C20H19N3O4S2/c1-2-3-13-4-9-16(10-5-13)29(26,27)22-20-21-19-17-12-15(23(24)25)8-6-14(17)7-11-18(19)28-20/h4-6,8-10,12H,2-3,7,11H2,1H3,(H,21,22). The summed E-state index contributed by atoms with van der Waals surface area (Å²) < 4.78 is 28.0. The molecule has 1 aliphatic carbocycles. The summed E-state index contributed by atoms with van der Waals surface area (Å²) in [6.45, 7) is 2.07. The Morgan fingerprint density at radius 1 is 1.17 bits per heavy atom. The van der Waals surface area contributed by atoms with Crippen LogP contribution in [-0.2, 0) is 29.3 Å². The molecule has 150 valence electrons. The first-order valence-corrected chi connectivity index (χ1v) is 11.6. The van der Waals surface area contributed by atoms with Crippen molar-refractivity contribution in [3.8, 4) is 11.3 Å². The van der Waals surface area contributed by atoms with Crippen molar-refractivity contribution >= 4 is 32.2 Å². The number of nitrogens with zero attached hydrogens (tertiary/aromatic N) is 2. The summed E-state index contributed by atoms with van der Waals surface area (Å²) in [7, 11) is -3.75. The van der Waals surface area contributed by atoms with Gasteiger partial charge in [0.2, 0.25) is 0 Å². The predicted molar refractivity (Wildman–Crippen MR) is 113 cm³/mol. The van der Waals surface area contributed by atoms with Crippen molar-refractivity contribution in [3.05, 3.63) is 68.6 Å². The van der Waals surface area contributed by atoms with Gasteiger partial charge in [-0.05, 0) is 42.5 Å². The zero-order valence-electron chi connectivity index (χ0n) is 15.7. The monoisotopic (exact) mass is 429 g/mol. The third-order valence-corrected chi connectivity index (χ3v) is 7.39. The van der Waals surface area contributed by atoms with Crippen molar-refractivity contribution in [2.45, 2.75) is 37.5 Å². The summed E-state index contributed by atoms with van der Waals surface area (Å²) in [6.07, 6.45) is 3.37. The lowest BCUT2D eigenvalue weighted by molar-refractivity contribution is -0.384. The zero-order valence-corrected chi connectivity index (χ0v) is 17.3. The Hall–Kier alpha value is -2.78. The molecular formula is C20H19N3O4S2. The van der Waals surface area contributed by atoms with E-state index in [1.165, 1.54) is 23.5 Å². The third-order valence-electron chi connectivity index (χ3n) is 4.87. The predicted octanol–water partition coefficient (Wildman–Crippen LogP) is 4.57. The number of nitro groups is 1. The lowest BCUT2D eigenvalue weighted by Crippen LogP contribution is -2.12. The molecule has 1 N–H and O–H groups in total. The quantitative estimate of drug-likeness (QED) is 0.457. The van der Waals surface area contributed by atoms with Gasteiger partial charge >= 0.3 is 0 Å². The second kappa shape index (κ2) is 7.57. The summed E-state index contributed by atoms with van der Waals surface area (Å²) in [4.78, 5) is 16.2. The Bertz CT molecular complexity index is 1180. The maximum Gasteiger partial charge on any atom is 0.270 e. The normalized spacial score (nSPS) is 12.9. The van der Waals surface area contributed by atoms with Crippen LogP contribution < -0.4 is 4.72 Å². The molecule has 0 saturated heterocycles. The van der Waals surface area contributed by atoms with Crippen LogP contribution in [0.5, 0.6) is 0 Å². The molecule has 0 atom stereocenters. The van der Waals surface area contributed by atoms with E-state index in [1.807, 2.05) is 12.1 Å². The molecule has 1 heterocycles. The number of aromatic nitrogens is 1. The molecule has 3 aromatic rings. The number of hydrogen-bond acceptors (Lipinski definition) is 6. The molecule has 4 rings (SSSR count). The van der Waals surface area contributed by atoms with Gasteiger partial charge in [0, 0.05) is 22.6 Å². The number of thiazole rings is 1. The molecule has 0 fully saturated rings. The van der Waals surface area contributed by atoms with Crippen molar-refractivity contribution in [1.29, 1.82) is 0 Å². The third kappa shape index (κ3) is 3.88. The van der Waals surface area contributed by atoms with Crippen LogP contribution >= 0.6 is 11.3 Å². The molecule has 0 bridgehead atoms. The molecule has 0 spiro atoms. The number of sulfonamides is 1. The topological polar surface area (TPSA) is 102 Å². The van der Waals surface area contributed by atoms with Gasteiger partial charge < -0.3 is 0 Å². The minimum Gasteiger partial charge on any atom is -0.258 e. The van der Waals surface area contributed by atoms with Crippen molar-refractivity contribution in [1.82, 2.24) is 4.98 Å². The van der Waals surface area contributed by atoms with Gasteiger partial charge in [-0.15, -0.1) is 11.3 Å². The molecule has 2 aromatic carbocycles. The largest absolute Gasteiger partial charge is 0.270 e. The van der Waals surface area contributed by atoms with E-state index >= 15 is 0 Å². The second-order valence-corrected chi connectivity index (χ2v) is 9.65. The van der Waals surface area contributed by atoms with E-state index in [-0.39, 0.29) is 15.7 Å². The van der Waals surface area contributed by atoms with Gasteiger partial charge in [-0.3, -0.25) is 14.8 Å². The van der Waals surface area contributed by atoms with Crippen LogP contribution in [0.3, 0.4) is 0 Å². The fourth-order valence-corrected chi connectivity index (χ4v) is 5.65. The van der Waals surface area contributed by atoms with Gasteiger partial charge in [-0.2, -0.15) is 0 Å². The number of anilines is 1. The van der Waals surface area contributed by atoms with Gasteiger partial charge in [0.25, 0.3) is 15.7 Å². The zero-order chi connectivity index (χ0) is 20.6. The van der Waals surface area contributed by atoms with Gasteiger partial charge in [-0.1, -0.05) is 31.5 Å². The van der Waals surface area contributed by atoms with E-state index in [2.05, 4.69) is 16.6 Å². The van der Waals surface area contributed by atoms with Crippen LogP contribution in [0.1, 0.15) is 29.3 Å². The highest BCUT2D eigenvalue weighted by Crippen LogP contribution is 2.40. The van der Waals surface area contributed by atoms with Crippen LogP contribution in [0.2, 0.25) is 0 Å². The van der Waals surface area contributed by atoms with E-state index in [0.717, 1.165) is 41.7 Å². The Morgan fingerprint density at radius 3 is 2.62 bits per heavy atom. The Kier molecular flexibility index (Phi) is 5.10. The first-order valence-electron chi connectivity index (χ1n) is 9.26. The number of aryl methyl sites for hydroxylation is 3. The van der Waals surface area contributed by atoms with Gasteiger partial charge in [0.15, 0.2) is 5.13 Å². The molecular weight excluding hydrogens is 410 g/mol. The maximum atomic E-state index is 12.7. The van der Waals surface area contributed by atoms with E-state index in [1.54, 1.807) is 18.2 Å². The van der Waals surface area contributed by atoms with Crippen molar-refractivity contribution in [2.75, 3.05) is 4.72 Å². The Morgan fingerprint density at radius 2 is 1.93 bits per heavy atom. The first-order chi connectivity index (χ1) is 13.9. The molecule has 1 aliphatic rings. The van der Waals surface area contributed by atoms with E-state index in [9.17, 15) is 18.5 Å². The number of benzene rings is 2. The van der Waals surface area contributed by atoms with Gasteiger partial charge in [-0.25, -0.2) is 13.4 Å². The van der Waals surface area contributed by atoms with Crippen LogP contribution in [-0.4, -0.2) is 18.3 Å². The summed E-state index contributed by atoms with van der Waals surface area (Å²) in [5, 5.41) is 11.4. The lowest BCUT2D eigenvalue weighted by Gasteiger charge is -2.14. The first kappa shape index (κ1) is 19.5. The molecule has 0 unspecified atom stereocenters. The van der Waals surface area contributed by atoms with Gasteiger partial charge in [0.1, 0.15) is 0 Å². The Labute approximate surface area is 172 Å². The maximum absolute atomic E-state index is 12.7. The Balaban J connectivity index is 1.63. The summed E-state index contributed by atoms with van der Waals surface area (Å²) in [6, 6.07) is 11.6. The highest BCUT2D eigenvalue weighted by atomic mass is 32.2. The second-order valence-electron chi connectivity index (χ2n) is 6.89. The molecule has 29 heavy (non-hydrogen) atoms. The number of nitrogens with one attached hydrogen (secondary N) is 1. The van der Waals surface area contributed by atoms with Crippen LogP contribution in [0.4, 0.5) is 10.8 Å². The minimum atomic E-state index is -3.75.